The van der Waals surface area contributed by atoms with Gasteiger partial charge in [0.15, 0.2) is 35.2 Å². The zero-order valence-corrected chi connectivity index (χ0v) is 29.2. The van der Waals surface area contributed by atoms with Crippen LogP contribution in [0.5, 0.6) is 0 Å². The summed E-state index contributed by atoms with van der Waals surface area (Å²) in [6.07, 6.45) is -3.61. The van der Waals surface area contributed by atoms with Crippen LogP contribution < -0.4 is 11.5 Å². The molecule has 4 fully saturated rings. The number of nitrogens with zero attached hydrogens (tertiary/aromatic N) is 5. The van der Waals surface area contributed by atoms with Crippen LogP contribution in [-0.4, -0.2) is 108 Å². The van der Waals surface area contributed by atoms with E-state index in [1.807, 2.05) is 0 Å². The molecule has 0 aromatic carbocycles. The SMILES string of the molecule is CC1(C)O[C@@H]2[C@H](O1)[C@@H](COP(=O)(O)CP(=O)(O)OC[C@H]1O[C@@H](c3nc(C(N)=O)cs3)[C@@H]3OC(C)(C)O[C@@H]31)O[C@H]2n1cnc2c(N)ncnc21. The Morgan fingerprint density at radius 3 is 2.16 bits per heavy atom. The highest BCUT2D eigenvalue weighted by Gasteiger charge is 2.58. The molecule has 3 aromatic rings. The van der Waals surface area contributed by atoms with E-state index >= 15 is 0 Å². The summed E-state index contributed by atoms with van der Waals surface area (Å²) >= 11 is 1.13. The Hall–Kier alpha value is -2.49. The Balaban J connectivity index is 0.993. The number of hydrogen-bond acceptors (Lipinski definition) is 17. The molecule has 4 aliphatic rings. The summed E-state index contributed by atoms with van der Waals surface area (Å²) in [5.41, 5.74) is 12.0. The second-order valence-electron chi connectivity index (χ2n) is 12.8. The van der Waals surface area contributed by atoms with Gasteiger partial charge in [0.25, 0.3) is 5.91 Å². The smallest absolute Gasteiger partial charge is 0.340 e. The van der Waals surface area contributed by atoms with Crippen LogP contribution in [0, 0.1) is 0 Å². The van der Waals surface area contributed by atoms with Crippen molar-refractivity contribution in [3.63, 3.8) is 0 Å². The highest BCUT2D eigenvalue weighted by molar-refractivity contribution is 7.70. The minimum absolute atomic E-state index is 0.0522. The molecule has 4 aliphatic heterocycles. The number of carbonyl (C=O) groups excluding carboxylic acids is 1. The maximum Gasteiger partial charge on any atom is 0.340 e. The van der Waals surface area contributed by atoms with Crippen molar-refractivity contribution < 1.29 is 61.2 Å². The van der Waals surface area contributed by atoms with E-state index in [0.717, 1.165) is 11.3 Å². The standard InChI is InChI=1S/C26H35N7O13P2S/c1-25(2)43-15-12(41-18(17(15)45-25)23-32-11(7-49-23)21(28)34)5-39-47(35,36)10-48(37,38)40-6-13-16-19(46-26(3,4)44-16)24(42-13)33-9-31-14-20(27)29-8-30-22(14)33/h7-9,12-13,15-19,24H,5-6,10H2,1-4H3,(H2,28,34)(H,35,36)(H,37,38)(H2,27,29,30)/t12-,13-,15-,16-,17-,18-,19-,24-/m1/s1. The maximum atomic E-state index is 13.1. The number of amides is 1. The van der Waals surface area contributed by atoms with Gasteiger partial charge in [-0.25, -0.2) is 19.9 Å². The molecule has 7 heterocycles. The van der Waals surface area contributed by atoms with Crippen LogP contribution in [0.15, 0.2) is 18.0 Å². The molecule has 3 aromatic heterocycles. The molecular formula is C26H35N7O13P2S. The fourth-order valence-electron chi connectivity index (χ4n) is 6.31. The average Bonchev–Trinajstić information content (AvgIpc) is 3.82. The summed E-state index contributed by atoms with van der Waals surface area (Å²) in [6, 6.07) is 0. The van der Waals surface area contributed by atoms with Crippen molar-refractivity contribution in [2.75, 3.05) is 24.9 Å². The summed E-state index contributed by atoms with van der Waals surface area (Å²) in [7, 11) is -9.50. The molecule has 10 atom stereocenters. The van der Waals surface area contributed by atoms with Crippen molar-refractivity contribution in [1.82, 2.24) is 24.5 Å². The minimum Gasteiger partial charge on any atom is -0.382 e. The molecule has 49 heavy (non-hydrogen) atoms. The second kappa shape index (κ2) is 12.3. The molecule has 0 aliphatic carbocycles. The van der Waals surface area contributed by atoms with Gasteiger partial charge in [0.1, 0.15) is 65.3 Å². The Kier molecular flexibility index (Phi) is 8.79. The van der Waals surface area contributed by atoms with Crippen molar-refractivity contribution in [2.24, 2.45) is 5.73 Å². The number of aromatic nitrogens is 5. The quantitative estimate of drug-likeness (QED) is 0.202. The van der Waals surface area contributed by atoms with E-state index in [9.17, 15) is 23.7 Å². The highest BCUT2D eigenvalue weighted by Crippen LogP contribution is 2.59. The summed E-state index contributed by atoms with van der Waals surface area (Å²) in [6.45, 7) is 5.81. The zero-order valence-electron chi connectivity index (χ0n) is 26.6. The molecule has 20 nitrogen and oxygen atoms in total. The van der Waals surface area contributed by atoms with Crippen molar-refractivity contribution in [3.8, 4) is 0 Å². The predicted octanol–water partition coefficient (Wildman–Crippen LogP) is 1.40. The number of rotatable bonds is 11. The van der Waals surface area contributed by atoms with Gasteiger partial charge in [-0.2, -0.15) is 0 Å². The summed E-state index contributed by atoms with van der Waals surface area (Å²) in [5, 5.41) is 1.88. The first-order valence-corrected chi connectivity index (χ1v) is 19.4. The molecule has 4 saturated heterocycles. The molecule has 23 heteroatoms. The van der Waals surface area contributed by atoms with Gasteiger partial charge in [-0.3, -0.25) is 18.5 Å². The summed E-state index contributed by atoms with van der Waals surface area (Å²) < 4.78 is 74.6. The van der Waals surface area contributed by atoms with Crippen LogP contribution in [0.2, 0.25) is 0 Å². The lowest BCUT2D eigenvalue weighted by Crippen LogP contribution is -2.33. The maximum absolute atomic E-state index is 13.1. The number of carbonyl (C=O) groups is 1. The van der Waals surface area contributed by atoms with Gasteiger partial charge in [-0.05, 0) is 27.7 Å². The Labute approximate surface area is 282 Å². The van der Waals surface area contributed by atoms with E-state index in [4.69, 9.17) is 48.9 Å². The van der Waals surface area contributed by atoms with Crippen molar-refractivity contribution in [1.29, 1.82) is 0 Å². The van der Waals surface area contributed by atoms with Crippen molar-refractivity contribution in [2.45, 2.75) is 88.2 Å². The third kappa shape index (κ3) is 6.93. The molecular weight excluding hydrogens is 712 g/mol. The Bertz CT molecular complexity index is 1860. The summed E-state index contributed by atoms with van der Waals surface area (Å²) in [5.74, 6) is -3.81. The first-order valence-electron chi connectivity index (χ1n) is 15.0. The van der Waals surface area contributed by atoms with E-state index in [-0.39, 0.29) is 11.5 Å². The van der Waals surface area contributed by atoms with E-state index in [1.165, 1.54) is 18.0 Å². The van der Waals surface area contributed by atoms with Crippen molar-refractivity contribution >= 4 is 49.4 Å². The third-order valence-electron chi connectivity index (χ3n) is 8.19. The van der Waals surface area contributed by atoms with Gasteiger partial charge >= 0.3 is 15.2 Å². The van der Waals surface area contributed by atoms with Gasteiger partial charge in [0, 0.05) is 5.38 Å². The summed E-state index contributed by atoms with van der Waals surface area (Å²) in [4.78, 5) is 49.5. The number of nitrogens with two attached hydrogens (primary N) is 2. The number of ether oxygens (including phenoxy) is 6. The molecule has 7 rings (SSSR count). The number of fused-ring (bicyclic) bond motifs is 3. The fourth-order valence-corrected chi connectivity index (χ4v) is 10.4. The second-order valence-corrected chi connectivity index (χ2v) is 17.9. The van der Waals surface area contributed by atoms with E-state index in [2.05, 4.69) is 19.9 Å². The van der Waals surface area contributed by atoms with Gasteiger partial charge in [-0.15, -0.1) is 11.3 Å². The molecule has 6 N–H and O–H groups in total. The van der Waals surface area contributed by atoms with E-state index in [1.54, 1.807) is 32.3 Å². The van der Waals surface area contributed by atoms with Crippen molar-refractivity contribution in [3.05, 3.63) is 28.7 Å². The Morgan fingerprint density at radius 2 is 1.53 bits per heavy atom. The molecule has 0 spiro atoms. The first kappa shape index (κ1) is 34.9. The highest BCUT2D eigenvalue weighted by atomic mass is 32.1. The average molecular weight is 748 g/mol. The number of primary amides is 1. The molecule has 0 bridgehead atoms. The van der Waals surface area contributed by atoms with Gasteiger partial charge in [0.2, 0.25) is 0 Å². The molecule has 1 amide bonds. The third-order valence-corrected chi connectivity index (χ3v) is 13.1. The van der Waals surface area contributed by atoms with Crippen LogP contribution in [0.4, 0.5) is 5.82 Å². The van der Waals surface area contributed by atoms with Gasteiger partial charge < -0.3 is 58.7 Å². The number of nitrogen functional groups attached to an aromatic ring is 1. The molecule has 0 saturated carbocycles. The predicted molar refractivity (Wildman–Crippen MR) is 166 cm³/mol. The van der Waals surface area contributed by atoms with Gasteiger partial charge in [-0.1, -0.05) is 0 Å². The van der Waals surface area contributed by atoms with Crippen LogP contribution in [-0.2, 0) is 46.6 Å². The van der Waals surface area contributed by atoms with E-state index < -0.39 is 101 Å². The monoisotopic (exact) mass is 747 g/mol. The molecule has 268 valence electrons. The molecule has 2 unspecified atom stereocenters. The molecule has 0 radical (unpaired) electrons. The van der Waals surface area contributed by atoms with Crippen LogP contribution in [0.25, 0.3) is 11.2 Å². The van der Waals surface area contributed by atoms with Crippen LogP contribution in [0.1, 0.15) is 55.5 Å². The van der Waals surface area contributed by atoms with Crippen LogP contribution >= 0.6 is 26.5 Å². The number of imidazole rings is 1. The minimum atomic E-state index is -4.75. The zero-order chi connectivity index (χ0) is 35.1. The lowest BCUT2D eigenvalue weighted by Gasteiger charge is -2.25. The first-order chi connectivity index (χ1) is 22.9. The topological polar surface area (TPSA) is 274 Å². The van der Waals surface area contributed by atoms with Crippen LogP contribution in [0.3, 0.4) is 0 Å². The van der Waals surface area contributed by atoms with E-state index in [0.29, 0.717) is 16.2 Å². The normalized spacial score (nSPS) is 34.1. The number of hydrogen-bond donors (Lipinski definition) is 4. The lowest BCUT2D eigenvalue weighted by atomic mass is 10.1. The Morgan fingerprint density at radius 1 is 0.939 bits per heavy atom. The lowest BCUT2D eigenvalue weighted by molar-refractivity contribution is -0.199. The number of anilines is 1. The number of thiazole rings is 1. The largest absolute Gasteiger partial charge is 0.382 e. The van der Waals surface area contributed by atoms with Gasteiger partial charge in [0.05, 0.1) is 19.5 Å². The fraction of sp³-hybridized carbons (Fsp3) is 0.654.